The van der Waals surface area contributed by atoms with Crippen molar-refractivity contribution < 1.29 is 37.3 Å². The summed E-state index contributed by atoms with van der Waals surface area (Å²) in [5.74, 6) is -0.340. The summed E-state index contributed by atoms with van der Waals surface area (Å²) in [5.41, 5.74) is 0. The monoisotopic (exact) mass is 758 g/mol. The Balaban J connectivity index is 4.23. The second-order valence-corrected chi connectivity index (χ2v) is 17.1. The van der Waals surface area contributed by atoms with E-state index in [1.165, 1.54) is 122 Å². The topological polar surface area (TPSA) is 94.1 Å². The normalized spacial score (nSPS) is 14.0. The summed E-state index contributed by atoms with van der Waals surface area (Å²) in [6, 6.07) is 0. The number of carbonyl (C=O) groups is 1. The van der Waals surface area contributed by atoms with Crippen LogP contribution < -0.4 is 4.89 Å². The maximum atomic E-state index is 12.7. The van der Waals surface area contributed by atoms with Crippen molar-refractivity contribution in [3.63, 3.8) is 0 Å². The second-order valence-electron chi connectivity index (χ2n) is 15.7. The van der Waals surface area contributed by atoms with Crippen LogP contribution in [0.3, 0.4) is 0 Å². The van der Waals surface area contributed by atoms with Crippen LogP contribution in [0.4, 0.5) is 0 Å². The van der Waals surface area contributed by atoms with Gasteiger partial charge in [-0.1, -0.05) is 160 Å². The van der Waals surface area contributed by atoms with E-state index in [2.05, 4.69) is 38.2 Å². The molecule has 0 bridgehead atoms. The molecule has 0 aliphatic carbocycles. The van der Waals surface area contributed by atoms with E-state index >= 15 is 0 Å². The maximum absolute atomic E-state index is 12.7. The SMILES string of the molecule is CCCCCC/C=C\C/C=C\CCCCCCCCCC(=O)OC(COCCCCCCCCCCCCCC)COP(=O)([O-])OCC[N+](C)(C)C. The number of likely N-dealkylation sites (N-methyl/N-ethyl adjacent to an activating group) is 1. The third-order valence-corrected chi connectivity index (χ3v) is 10.2. The number of ether oxygens (including phenoxy) is 2. The van der Waals surface area contributed by atoms with Crippen LogP contribution in [0.25, 0.3) is 0 Å². The lowest BCUT2D eigenvalue weighted by Crippen LogP contribution is -2.37. The number of allylic oxidation sites excluding steroid dienone is 4. The summed E-state index contributed by atoms with van der Waals surface area (Å²) in [7, 11) is 1.36. The number of nitrogens with zero attached hydrogens (tertiary/aromatic N) is 1. The van der Waals surface area contributed by atoms with Gasteiger partial charge in [-0.05, 0) is 44.9 Å². The zero-order valence-electron chi connectivity index (χ0n) is 34.8. The van der Waals surface area contributed by atoms with Gasteiger partial charge in [-0.3, -0.25) is 9.36 Å². The average molecular weight is 758 g/mol. The molecule has 0 aromatic carbocycles. The summed E-state index contributed by atoms with van der Waals surface area (Å²) >= 11 is 0. The Bertz CT molecular complexity index is 889. The van der Waals surface area contributed by atoms with Crippen LogP contribution in [0.1, 0.15) is 187 Å². The lowest BCUT2D eigenvalue weighted by atomic mass is 10.1. The predicted octanol–water partition coefficient (Wildman–Crippen LogP) is 11.8. The van der Waals surface area contributed by atoms with E-state index in [0.717, 1.165) is 44.9 Å². The molecule has 0 radical (unpaired) electrons. The molecule has 2 unspecified atom stereocenters. The molecule has 0 spiro atoms. The quantitative estimate of drug-likeness (QED) is 0.0202. The Labute approximate surface area is 322 Å². The first-order valence-corrected chi connectivity index (χ1v) is 23.0. The summed E-state index contributed by atoms with van der Waals surface area (Å²) in [4.78, 5) is 25.0. The molecule has 2 atom stereocenters. The average Bonchev–Trinajstić information content (AvgIpc) is 3.09. The Morgan fingerprint density at radius 2 is 1.06 bits per heavy atom. The van der Waals surface area contributed by atoms with Crippen molar-refractivity contribution in [2.45, 2.75) is 193 Å². The molecule has 0 fully saturated rings. The molecule has 0 amide bonds. The molecular formula is C43H84NO7P. The van der Waals surface area contributed by atoms with Gasteiger partial charge in [-0.15, -0.1) is 0 Å². The summed E-state index contributed by atoms with van der Waals surface area (Å²) in [6.45, 7) is 5.40. The van der Waals surface area contributed by atoms with Gasteiger partial charge in [0.15, 0.2) is 0 Å². The van der Waals surface area contributed by atoms with Crippen LogP contribution in [0, 0.1) is 0 Å². The first kappa shape index (κ1) is 51.0. The number of esters is 1. The molecule has 0 aromatic rings. The maximum Gasteiger partial charge on any atom is 0.306 e. The molecular weight excluding hydrogens is 673 g/mol. The van der Waals surface area contributed by atoms with Crippen molar-refractivity contribution in [2.24, 2.45) is 0 Å². The van der Waals surface area contributed by atoms with Gasteiger partial charge in [0, 0.05) is 13.0 Å². The molecule has 0 aliphatic rings. The molecule has 9 heteroatoms. The minimum Gasteiger partial charge on any atom is -0.756 e. The van der Waals surface area contributed by atoms with E-state index in [1.54, 1.807) is 0 Å². The van der Waals surface area contributed by atoms with Crippen molar-refractivity contribution in [3.05, 3.63) is 24.3 Å². The van der Waals surface area contributed by atoms with E-state index in [4.69, 9.17) is 18.5 Å². The smallest absolute Gasteiger partial charge is 0.306 e. The number of quaternary nitrogens is 1. The molecule has 0 saturated carbocycles. The standard InChI is InChI=1S/C43H84NO7P/c1-6-8-10-12-14-16-18-20-21-22-23-24-25-26-28-30-32-34-36-43(45)51-42(41-50-52(46,47)49-39-37-44(3,4)5)40-48-38-35-33-31-29-27-19-17-15-13-11-9-7-2/h16,18,21-22,42H,6-15,17,19-20,23-41H2,1-5H3/b18-16-,22-21-. The molecule has 0 aliphatic heterocycles. The third kappa shape index (κ3) is 40.2. The van der Waals surface area contributed by atoms with Gasteiger partial charge in [0.05, 0.1) is 34.4 Å². The zero-order chi connectivity index (χ0) is 38.4. The van der Waals surface area contributed by atoms with E-state index in [-0.39, 0.29) is 25.8 Å². The van der Waals surface area contributed by atoms with Gasteiger partial charge < -0.3 is 27.9 Å². The Kier molecular flexibility index (Phi) is 36.2. The van der Waals surface area contributed by atoms with E-state index < -0.39 is 13.9 Å². The van der Waals surface area contributed by atoms with Gasteiger partial charge >= 0.3 is 5.97 Å². The Hall–Kier alpha value is -1.02. The summed E-state index contributed by atoms with van der Waals surface area (Å²) < 4.78 is 34.5. The number of hydrogen-bond donors (Lipinski definition) is 0. The molecule has 8 nitrogen and oxygen atoms in total. The van der Waals surface area contributed by atoms with Gasteiger partial charge in [0.1, 0.15) is 19.3 Å². The molecule has 0 saturated heterocycles. The summed E-state index contributed by atoms with van der Waals surface area (Å²) in [5, 5.41) is 0. The predicted molar refractivity (Wildman–Crippen MR) is 217 cm³/mol. The highest BCUT2D eigenvalue weighted by Gasteiger charge is 2.20. The summed E-state index contributed by atoms with van der Waals surface area (Å²) in [6.07, 6.45) is 40.3. The lowest BCUT2D eigenvalue weighted by molar-refractivity contribution is -0.870. The van der Waals surface area contributed by atoms with Gasteiger partial charge in [0.2, 0.25) is 0 Å². The molecule has 0 rings (SSSR count). The first-order chi connectivity index (χ1) is 25.1. The van der Waals surface area contributed by atoms with Crippen molar-refractivity contribution in [1.82, 2.24) is 0 Å². The lowest BCUT2D eigenvalue weighted by Gasteiger charge is -2.28. The highest BCUT2D eigenvalue weighted by Crippen LogP contribution is 2.38. The van der Waals surface area contributed by atoms with Crippen molar-refractivity contribution in [2.75, 3.05) is 54.1 Å². The van der Waals surface area contributed by atoms with Crippen LogP contribution >= 0.6 is 7.82 Å². The Morgan fingerprint density at radius 3 is 1.58 bits per heavy atom. The highest BCUT2D eigenvalue weighted by molar-refractivity contribution is 7.45. The number of rotatable bonds is 40. The number of phosphoric ester groups is 1. The van der Waals surface area contributed by atoms with Gasteiger partial charge in [-0.2, -0.15) is 0 Å². The van der Waals surface area contributed by atoms with Crippen molar-refractivity contribution >= 4 is 13.8 Å². The van der Waals surface area contributed by atoms with Crippen molar-refractivity contribution in [1.29, 1.82) is 0 Å². The van der Waals surface area contributed by atoms with E-state index in [0.29, 0.717) is 24.1 Å². The van der Waals surface area contributed by atoms with Gasteiger partial charge in [-0.25, -0.2) is 0 Å². The second kappa shape index (κ2) is 36.9. The minimum absolute atomic E-state index is 0.0262. The van der Waals surface area contributed by atoms with Crippen LogP contribution in [0.5, 0.6) is 0 Å². The molecule has 0 heterocycles. The number of unbranched alkanes of at least 4 members (excludes halogenated alkanes) is 22. The fourth-order valence-corrected chi connectivity index (χ4v) is 6.60. The fraction of sp³-hybridized carbons (Fsp3) is 0.884. The number of hydrogen-bond acceptors (Lipinski definition) is 7. The number of phosphoric acid groups is 1. The van der Waals surface area contributed by atoms with Gasteiger partial charge in [0.25, 0.3) is 7.82 Å². The highest BCUT2D eigenvalue weighted by atomic mass is 31.2. The molecule has 52 heavy (non-hydrogen) atoms. The van der Waals surface area contributed by atoms with Crippen LogP contribution in [-0.2, 0) is 27.9 Å². The molecule has 0 aromatic heterocycles. The molecule has 308 valence electrons. The van der Waals surface area contributed by atoms with Crippen LogP contribution in [0.15, 0.2) is 24.3 Å². The zero-order valence-corrected chi connectivity index (χ0v) is 35.7. The molecule has 0 N–H and O–H groups in total. The first-order valence-electron chi connectivity index (χ1n) is 21.6. The van der Waals surface area contributed by atoms with Crippen LogP contribution in [-0.4, -0.2) is 70.7 Å². The number of carbonyl (C=O) groups excluding carboxylic acids is 1. The Morgan fingerprint density at radius 1 is 0.596 bits per heavy atom. The van der Waals surface area contributed by atoms with E-state index in [1.807, 2.05) is 21.1 Å². The third-order valence-electron chi connectivity index (χ3n) is 9.26. The fourth-order valence-electron chi connectivity index (χ4n) is 5.87. The van der Waals surface area contributed by atoms with Crippen molar-refractivity contribution in [3.8, 4) is 0 Å². The largest absolute Gasteiger partial charge is 0.756 e. The van der Waals surface area contributed by atoms with Crippen LogP contribution in [0.2, 0.25) is 0 Å². The minimum atomic E-state index is -4.52. The van der Waals surface area contributed by atoms with E-state index in [9.17, 15) is 14.3 Å².